The van der Waals surface area contributed by atoms with Gasteiger partial charge in [-0.05, 0) is 6.92 Å². The molecule has 11 heteroatoms. The van der Waals surface area contributed by atoms with Gasteiger partial charge in [-0.25, -0.2) is 3.93 Å². The van der Waals surface area contributed by atoms with E-state index in [1.165, 1.54) is 21.1 Å². The topological polar surface area (TPSA) is 124 Å². The fourth-order valence-corrected chi connectivity index (χ4v) is 2.10. The Morgan fingerprint density at radius 1 is 1.08 bits per heavy atom. The number of hydrogen-bond donors (Lipinski definition) is 0. The highest BCUT2D eigenvalue weighted by atomic mass is 79.9. The summed E-state index contributed by atoms with van der Waals surface area (Å²) in [6, 6.07) is 0. The number of Topliss-reactive ketones (excluding diaryl/α,β-unsaturated/α-hetero) is 2. The molecule has 0 aromatic heterocycles. The number of amides is 2. The van der Waals surface area contributed by atoms with Crippen LogP contribution in [0.5, 0.6) is 0 Å². The number of methoxy groups -OCH3 is 2. The predicted molar refractivity (Wildman–Crippen MR) is 97.4 cm³/mol. The molecule has 1 unspecified atom stereocenters. The minimum absolute atomic E-state index is 0.115. The Kier molecular flexibility index (Phi) is 14.9. The molecular weight excluding hydrogens is 482 g/mol. The van der Waals surface area contributed by atoms with Crippen molar-refractivity contribution in [2.75, 3.05) is 14.2 Å². The van der Waals surface area contributed by atoms with E-state index < -0.39 is 16.8 Å². The molecule has 1 heterocycles. The Morgan fingerprint density at radius 2 is 1.54 bits per heavy atom. The van der Waals surface area contributed by atoms with E-state index in [1.807, 2.05) is 0 Å². The van der Waals surface area contributed by atoms with Gasteiger partial charge in [0.05, 0.1) is 30.4 Å². The zero-order valence-electron chi connectivity index (χ0n) is 14.9. The second-order valence-corrected chi connectivity index (χ2v) is 6.35. The van der Waals surface area contributed by atoms with Crippen molar-refractivity contribution in [3.8, 4) is 0 Å². The molecule has 1 saturated heterocycles. The van der Waals surface area contributed by atoms with Gasteiger partial charge in [-0.2, -0.15) is 0 Å². The van der Waals surface area contributed by atoms with Gasteiger partial charge in [-0.1, -0.05) is 22.9 Å². The smallest absolute Gasteiger partial charge is 0.327 e. The van der Waals surface area contributed by atoms with Crippen LogP contribution in [-0.2, 0) is 38.2 Å². The first-order valence-electron chi connectivity index (χ1n) is 7.34. The number of ketones is 2. The maximum Gasteiger partial charge on any atom is 0.327 e. The molecule has 1 fully saturated rings. The highest BCUT2D eigenvalue weighted by molar-refractivity contribution is 9.10. The maximum atomic E-state index is 10.8. The van der Waals surface area contributed by atoms with Crippen LogP contribution in [0.4, 0.5) is 0 Å². The van der Waals surface area contributed by atoms with Gasteiger partial charge in [0.25, 0.3) is 0 Å². The third-order valence-corrected chi connectivity index (χ3v) is 4.33. The van der Waals surface area contributed by atoms with E-state index in [1.54, 1.807) is 6.92 Å². The molecular formula is C15H21Br2NO8. The van der Waals surface area contributed by atoms with Gasteiger partial charge in [0.1, 0.15) is 12.2 Å². The largest absolute Gasteiger partial charge is 0.469 e. The van der Waals surface area contributed by atoms with Crippen molar-refractivity contribution >= 4 is 67.4 Å². The fourth-order valence-electron chi connectivity index (χ4n) is 1.24. The molecule has 148 valence electrons. The third-order valence-electron chi connectivity index (χ3n) is 2.65. The van der Waals surface area contributed by atoms with Gasteiger partial charge in [-0.3, -0.25) is 28.8 Å². The number of ether oxygens (including phenoxy) is 2. The molecule has 0 spiro atoms. The predicted octanol–water partition coefficient (Wildman–Crippen LogP) is 1.49. The first-order valence-corrected chi connectivity index (χ1v) is 8.96. The van der Waals surface area contributed by atoms with Crippen LogP contribution in [-0.4, -0.2) is 58.3 Å². The summed E-state index contributed by atoms with van der Waals surface area (Å²) in [4.78, 5) is 61.8. The Balaban J connectivity index is 0. The standard InChI is InChI=1S/C6H9BrO3.C5H8O3.C4H4BrNO2/c1-3-4(8)5(7)6(9)10-2;1-4(6)3-5(7)8-2;5-6-3(7)1-2-4(6)8/h5H,3H2,1-2H3;3H2,1-2H3;1-2H2. The van der Waals surface area contributed by atoms with Crippen LogP contribution >= 0.6 is 32.1 Å². The molecule has 0 aromatic rings. The number of rotatable bonds is 5. The van der Waals surface area contributed by atoms with Crippen molar-refractivity contribution < 1.29 is 38.2 Å². The maximum absolute atomic E-state index is 10.8. The first-order chi connectivity index (χ1) is 12.0. The first kappa shape index (κ1) is 26.6. The number of imide groups is 1. The number of carbonyl (C=O) groups excluding carboxylic acids is 6. The van der Waals surface area contributed by atoms with Gasteiger partial charge >= 0.3 is 11.9 Å². The average molecular weight is 503 g/mol. The highest BCUT2D eigenvalue weighted by Gasteiger charge is 2.26. The molecule has 0 aromatic carbocycles. The number of hydrogen-bond acceptors (Lipinski definition) is 8. The second-order valence-electron chi connectivity index (χ2n) is 4.73. The molecule has 0 N–H and O–H groups in total. The van der Waals surface area contributed by atoms with E-state index in [9.17, 15) is 28.8 Å². The molecule has 2 amide bonds. The lowest BCUT2D eigenvalue weighted by atomic mass is 10.2. The highest BCUT2D eigenvalue weighted by Crippen LogP contribution is 2.14. The Morgan fingerprint density at radius 3 is 1.73 bits per heavy atom. The Hall–Kier alpha value is -1.62. The molecule has 1 atom stereocenters. The summed E-state index contributed by atoms with van der Waals surface area (Å²) in [5.41, 5.74) is 0. The fraction of sp³-hybridized carbons (Fsp3) is 0.600. The summed E-state index contributed by atoms with van der Waals surface area (Å²) in [6.45, 7) is 3.04. The summed E-state index contributed by atoms with van der Waals surface area (Å²) in [6.07, 6.45) is 0.926. The van der Waals surface area contributed by atoms with Gasteiger partial charge in [0.2, 0.25) is 11.8 Å². The number of carbonyl (C=O) groups is 6. The molecule has 9 nitrogen and oxygen atoms in total. The lowest BCUT2D eigenvalue weighted by Crippen LogP contribution is -2.24. The van der Waals surface area contributed by atoms with Crippen molar-refractivity contribution in [2.24, 2.45) is 0 Å². The van der Waals surface area contributed by atoms with Crippen LogP contribution in [0.3, 0.4) is 0 Å². The number of alkyl halides is 1. The van der Waals surface area contributed by atoms with Crippen LogP contribution in [0.1, 0.15) is 39.5 Å². The molecule has 1 rings (SSSR count). The number of nitrogens with zero attached hydrogens (tertiary/aromatic N) is 1. The van der Waals surface area contributed by atoms with E-state index in [0.717, 1.165) is 3.93 Å². The van der Waals surface area contributed by atoms with E-state index in [0.29, 0.717) is 19.3 Å². The van der Waals surface area contributed by atoms with E-state index >= 15 is 0 Å². The zero-order chi connectivity index (χ0) is 20.9. The van der Waals surface area contributed by atoms with E-state index in [-0.39, 0.29) is 29.8 Å². The zero-order valence-corrected chi connectivity index (χ0v) is 18.0. The van der Waals surface area contributed by atoms with Crippen molar-refractivity contribution in [1.29, 1.82) is 0 Å². The lowest BCUT2D eigenvalue weighted by Gasteiger charge is -2.02. The monoisotopic (exact) mass is 501 g/mol. The van der Waals surface area contributed by atoms with Crippen LogP contribution < -0.4 is 0 Å². The van der Waals surface area contributed by atoms with Crippen LogP contribution in [0.2, 0.25) is 0 Å². The molecule has 26 heavy (non-hydrogen) atoms. The van der Waals surface area contributed by atoms with Gasteiger partial charge in [0.15, 0.2) is 10.6 Å². The number of halogens is 2. The second kappa shape index (κ2) is 14.5. The SMILES string of the molecule is CCC(=O)C(Br)C(=O)OC.COC(=O)CC(C)=O.O=C1CCC(=O)N1Br. The quantitative estimate of drug-likeness (QED) is 0.182. The molecule has 1 aliphatic heterocycles. The van der Waals surface area contributed by atoms with Crippen molar-refractivity contribution in [2.45, 2.75) is 44.4 Å². The van der Waals surface area contributed by atoms with Gasteiger partial charge < -0.3 is 9.47 Å². The van der Waals surface area contributed by atoms with Crippen molar-refractivity contribution in [3.63, 3.8) is 0 Å². The van der Waals surface area contributed by atoms with E-state index in [4.69, 9.17) is 0 Å². The minimum Gasteiger partial charge on any atom is -0.469 e. The number of esters is 2. The molecule has 1 aliphatic rings. The molecule has 0 bridgehead atoms. The average Bonchev–Trinajstić information content (AvgIpc) is 2.91. The summed E-state index contributed by atoms with van der Waals surface area (Å²) < 4.78 is 9.51. The summed E-state index contributed by atoms with van der Waals surface area (Å²) in [5.74, 6) is -1.63. The Labute approximate surface area is 168 Å². The van der Waals surface area contributed by atoms with Crippen LogP contribution in [0.25, 0.3) is 0 Å². The molecule has 0 saturated carbocycles. The van der Waals surface area contributed by atoms with Crippen molar-refractivity contribution in [1.82, 2.24) is 3.93 Å². The van der Waals surface area contributed by atoms with Crippen LogP contribution in [0.15, 0.2) is 0 Å². The molecule has 0 aliphatic carbocycles. The lowest BCUT2D eigenvalue weighted by molar-refractivity contribution is -0.144. The van der Waals surface area contributed by atoms with Crippen LogP contribution in [0, 0.1) is 0 Å². The minimum atomic E-state index is -0.789. The van der Waals surface area contributed by atoms with Crippen molar-refractivity contribution in [3.05, 3.63) is 0 Å². The Bertz CT molecular complexity index is 518. The van der Waals surface area contributed by atoms with Gasteiger partial charge in [-0.15, -0.1) is 0 Å². The third kappa shape index (κ3) is 11.9. The summed E-state index contributed by atoms with van der Waals surface area (Å²) in [7, 11) is 2.50. The molecule has 0 radical (unpaired) electrons. The summed E-state index contributed by atoms with van der Waals surface area (Å²) in [5, 5.41) is 0. The summed E-state index contributed by atoms with van der Waals surface area (Å²) >= 11 is 5.71. The van der Waals surface area contributed by atoms with E-state index in [2.05, 4.69) is 41.6 Å². The normalized spacial score (nSPS) is 13.5. The van der Waals surface area contributed by atoms with Gasteiger partial charge in [0, 0.05) is 19.3 Å².